The van der Waals surface area contributed by atoms with Crippen LogP contribution >= 0.6 is 11.6 Å². The molecule has 9 rings (SSSR count). The van der Waals surface area contributed by atoms with Crippen molar-refractivity contribution in [3.8, 4) is 11.3 Å². The van der Waals surface area contributed by atoms with Gasteiger partial charge in [0, 0.05) is 108 Å². The fourth-order valence-corrected chi connectivity index (χ4v) is 7.64. The zero-order chi connectivity index (χ0) is 48.9. The summed E-state index contributed by atoms with van der Waals surface area (Å²) in [4.78, 5) is 33.8. The summed E-state index contributed by atoms with van der Waals surface area (Å²) in [5, 5.41) is 0.484. The van der Waals surface area contributed by atoms with Gasteiger partial charge in [0.15, 0.2) is 0 Å². The van der Waals surface area contributed by atoms with Gasteiger partial charge >= 0.3 is 19.5 Å². The Balaban J connectivity index is 0.000000174. The van der Waals surface area contributed by atoms with Gasteiger partial charge in [0.2, 0.25) is 11.9 Å². The first kappa shape index (κ1) is 54.0. The molecule has 0 amide bonds. The summed E-state index contributed by atoms with van der Waals surface area (Å²) in [5.41, 5.74) is 7.51. The Morgan fingerprint density at radius 3 is 1.39 bits per heavy atom. The van der Waals surface area contributed by atoms with Gasteiger partial charge < -0.3 is 59.3 Å². The van der Waals surface area contributed by atoms with Crippen molar-refractivity contribution < 1.29 is 75.0 Å². The maximum atomic E-state index is 13.6. The minimum Gasteiger partial charge on any atom is -0.399 e. The molecule has 0 aromatic carbocycles. The number of pyridine rings is 2. The molecule has 0 saturated carbocycles. The molecular weight excluding hydrogens is 1040 g/mol. The summed E-state index contributed by atoms with van der Waals surface area (Å²) in [6.45, 7) is 17.7. The zero-order valence-electron chi connectivity index (χ0n) is 38.4. The van der Waals surface area contributed by atoms with Crippen molar-refractivity contribution in [2.75, 3.05) is 136 Å². The Kier molecular flexibility index (Phi) is 17.8. The topological polar surface area (TPSA) is 198 Å². The van der Waals surface area contributed by atoms with Crippen LogP contribution in [0.15, 0.2) is 36.7 Å². The molecular formula is C42H54BClF6N12O6Pd. The van der Waals surface area contributed by atoms with Gasteiger partial charge in [-0.3, -0.25) is 0 Å². The first-order chi connectivity index (χ1) is 32.2. The molecule has 0 spiro atoms. The first-order valence-electron chi connectivity index (χ1n) is 21.9. The molecule has 0 radical (unpaired) electrons. The minimum absolute atomic E-state index is 0. The Bertz CT molecular complexity index is 2250. The SMILES string of the molecule is CC1(C)OB(c2cnc(N)cc2C(F)(F)F)OC1(C)C.Clc1cc(N2CCOCC2)nc(N2CCOCC2)n1.Nc1cc(C(F)(F)F)c(-c2cc(N3CCOCC3)nc(N3CCOCC3)n2)cn1.[Pd]. The number of hydrogen-bond acceptors (Lipinski definition) is 18. The van der Waals surface area contributed by atoms with E-state index < -0.39 is 41.8 Å². The van der Waals surface area contributed by atoms with Crippen LogP contribution in [0.1, 0.15) is 38.8 Å². The van der Waals surface area contributed by atoms with Crippen LogP contribution in [-0.2, 0) is 61.0 Å². The summed E-state index contributed by atoms with van der Waals surface area (Å²) in [5.74, 6) is 2.11. The van der Waals surface area contributed by atoms with Crippen molar-refractivity contribution in [3.05, 3.63) is 52.9 Å². The van der Waals surface area contributed by atoms with Crippen molar-refractivity contribution in [3.63, 3.8) is 0 Å². The maximum Gasteiger partial charge on any atom is 0.497 e. The molecule has 4 aromatic heterocycles. The molecule has 5 fully saturated rings. The van der Waals surface area contributed by atoms with Crippen LogP contribution in [0.25, 0.3) is 11.3 Å². The molecule has 69 heavy (non-hydrogen) atoms. The predicted molar refractivity (Wildman–Crippen MR) is 243 cm³/mol. The average Bonchev–Trinajstić information content (AvgIpc) is 3.54. The van der Waals surface area contributed by atoms with Crippen molar-refractivity contribution in [1.82, 2.24) is 29.9 Å². The molecule has 5 saturated heterocycles. The van der Waals surface area contributed by atoms with Crippen molar-refractivity contribution in [1.29, 1.82) is 0 Å². The number of aromatic nitrogens is 6. The fraction of sp³-hybridized carbons (Fsp3) is 0.571. The Morgan fingerprint density at radius 2 is 0.942 bits per heavy atom. The summed E-state index contributed by atoms with van der Waals surface area (Å²) in [6.07, 6.45) is -6.96. The van der Waals surface area contributed by atoms with E-state index in [0.29, 0.717) is 88.7 Å². The standard InChI is InChI=1S/C18H21F3N6O2.C12H16BF3N2O2.C12H17ClN4O2.Pd/c19-18(20,21)13-9-15(22)23-11-12(13)14-10-16(26-1-5-28-6-2-26)25-17(24-14)27-3-7-29-8-4-27;1-10(2)11(3,4)20-13(19-10)8-6-18-9(17)5-7(8)12(14,15)16;13-10-9-11(16-1-5-18-6-2-16)15-12(14-10)17-3-7-19-8-4-17;/h9-11H,1-8H2,(H2,22,23);5-6H,1-4H3,(H2,17,18);9H,1-8H2;. The van der Waals surface area contributed by atoms with E-state index in [4.69, 9.17) is 51.3 Å². The molecule has 0 unspecified atom stereocenters. The number of nitrogen functional groups attached to an aromatic ring is 2. The number of hydrogen-bond donors (Lipinski definition) is 2. The molecule has 380 valence electrons. The molecule has 0 bridgehead atoms. The van der Waals surface area contributed by atoms with Gasteiger partial charge in [-0.2, -0.15) is 36.3 Å². The quantitative estimate of drug-likeness (QED) is 0.154. The number of anilines is 6. The Labute approximate surface area is 414 Å². The number of nitrogens with zero attached hydrogens (tertiary/aromatic N) is 10. The van der Waals surface area contributed by atoms with Crippen molar-refractivity contribution >= 4 is 59.4 Å². The second-order valence-electron chi connectivity index (χ2n) is 17.1. The zero-order valence-corrected chi connectivity index (χ0v) is 40.7. The van der Waals surface area contributed by atoms with Gasteiger partial charge in [-0.15, -0.1) is 0 Å². The van der Waals surface area contributed by atoms with E-state index in [9.17, 15) is 26.3 Å². The average molecular weight is 1090 g/mol. The normalized spacial score (nSPS) is 19.5. The number of nitrogens with two attached hydrogens (primary N) is 2. The third kappa shape index (κ3) is 13.7. The molecule has 5 aliphatic rings. The van der Waals surface area contributed by atoms with E-state index in [2.05, 4.69) is 39.7 Å². The molecule has 0 atom stereocenters. The second kappa shape index (κ2) is 22.8. The van der Waals surface area contributed by atoms with E-state index in [1.807, 2.05) is 15.9 Å². The van der Waals surface area contributed by atoms with Crippen LogP contribution in [0.4, 0.5) is 61.5 Å². The molecule has 9 heterocycles. The van der Waals surface area contributed by atoms with E-state index in [0.717, 1.165) is 69.7 Å². The summed E-state index contributed by atoms with van der Waals surface area (Å²) in [6, 6.07) is 5.01. The van der Waals surface area contributed by atoms with Crippen molar-refractivity contribution in [2.45, 2.75) is 51.2 Å². The third-order valence-electron chi connectivity index (χ3n) is 11.9. The van der Waals surface area contributed by atoms with Gasteiger partial charge in [0.05, 0.1) is 80.9 Å². The first-order valence-corrected chi connectivity index (χ1v) is 22.3. The Hall–Kier alpha value is -4.38. The largest absolute Gasteiger partial charge is 0.497 e. The van der Waals surface area contributed by atoms with Crippen LogP contribution in [0.3, 0.4) is 0 Å². The molecule has 5 aliphatic heterocycles. The van der Waals surface area contributed by atoms with E-state index in [-0.39, 0.29) is 48.8 Å². The van der Waals surface area contributed by atoms with E-state index in [1.54, 1.807) is 33.8 Å². The van der Waals surface area contributed by atoms with E-state index >= 15 is 0 Å². The predicted octanol–water partition coefficient (Wildman–Crippen LogP) is 4.60. The second-order valence-corrected chi connectivity index (χ2v) is 17.5. The van der Waals surface area contributed by atoms with Crippen LogP contribution < -0.4 is 36.5 Å². The van der Waals surface area contributed by atoms with Gasteiger partial charge in [0.1, 0.15) is 28.4 Å². The number of halogens is 7. The van der Waals surface area contributed by atoms with Gasteiger partial charge in [-0.05, 0) is 39.8 Å². The number of morpholine rings is 4. The Morgan fingerprint density at radius 1 is 0.551 bits per heavy atom. The smallest absolute Gasteiger partial charge is 0.399 e. The molecule has 0 aliphatic carbocycles. The summed E-state index contributed by atoms with van der Waals surface area (Å²) in [7, 11) is -1.12. The number of rotatable bonds is 6. The van der Waals surface area contributed by atoms with Gasteiger partial charge in [0.25, 0.3) is 0 Å². The van der Waals surface area contributed by atoms with E-state index in [1.165, 1.54) is 0 Å². The molecule has 27 heteroatoms. The monoisotopic (exact) mass is 1090 g/mol. The minimum atomic E-state index is -4.59. The van der Waals surface area contributed by atoms with Crippen molar-refractivity contribution in [2.24, 2.45) is 0 Å². The number of alkyl halides is 6. The molecule has 4 N–H and O–H groups in total. The van der Waals surface area contributed by atoms with Crippen LogP contribution in [0, 0.1) is 0 Å². The fourth-order valence-electron chi connectivity index (χ4n) is 7.47. The summed E-state index contributed by atoms with van der Waals surface area (Å²) < 4.78 is 113. The summed E-state index contributed by atoms with van der Waals surface area (Å²) >= 11 is 6.12. The molecule has 4 aromatic rings. The van der Waals surface area contributed by atoms with Crippen LogP contribution in [0.2, 0.25) is 5.15 Å². The third-order valence-corrected chi connectivity index (χ3v) is 12.1. The van der Waals surface area contributed by atoms with Gasteiger partial charge in [-0.25, -0.2) is 19.9 Å². The maximum absolute atomic E-state index is 13.6. The van der Waals surface area contributed by atoms with Crippen LogP contribution in [0.5, 0.6) is 0 Å². The number of ether oxygens (including phenoxy) is 4. The molecule has 18 nitrogen and oxygen atoms in total. The van der Waals surface area contributed by atoms with Gasteiger partial charge in [-0.1, -0.05) is 11.6 Å². The van der Waals surface area contributed by atoms with Crippen LogP contribution in [-0.4, -0.2) is 153 Å².